The number of nitrogens with one attached hydrogen (secondary N) is 4. The molecule has 4 amide bonds. The van der Waals surface area contributed by atoms with Crippen LogP contribution in [0.2, 0.25) is 0 Å². The number of rotatable bonds is 23. The van der Waals surface area contributed by atoms with E-state index in [4.69, 9.17) is 47.4 Å². The van der Waals surface area contributed by atoms with Crippen molar-refractivity contribution in [2.75, 3.05) is 56.3 Å². The summed E-state index contributed by atoms with van der Waals surface area (Å²) >= 11 is 0.814. The van der Waals surface area contributed by atoms with E-state index in [1.54, 1.807) is 0 Å². The summed E-state index contributed by atoms with van der Waals surface area (Å²) in [5.41, 5.74) is -0.847. The summed E-state index contributed by atoms with van der Waals surface area (Å²) in [6.07, 6.45) is -13.4. The molecule has 2 aliphatic rings. The van der Waals surface area contributed by atoms with E-state index in [9.17, 15) is 52.7 Å². The largest absolute Gasteiger partial charge is 0.463 e. The molecular formula is C49H62N8O22S. The number of amides is 4. The van der Waals surface area contributed by atoms with E-state index in [2.05, 4.69) is 26.3 Å². The molecule has 5 heterocycles. The van der Waals surface area contributed by atoms with Crippen LogP contribution >= 0.6 is 11.3 Å². The minimum Gasteiger partial charge on any atom is -0.463 e. The fourth-order valence-corrected chi connectivity index (χ4v) is 9.35. The summed E-state index contributed by atoms with van der Waals surface area (Å²) in [5, 5.41) is 10.5. The maximum atomic E-state index is 15.1. The van der Waals surface area contributed by atoms with E-state index < -0.39 is 146 Å². The second kappa shape index (κ2) is 28.0. The van der Waals surface area contributed by atoms with E-state index in [1.165, 1.54) is 25.4 Å². The summed E-state index contributed by atoms with van der Waals surface area (Å²) in [6.45, 7) is 9.14. The standard InChI is InChI=1S/C49H62N8O22S/c1-22-43(80-49(52-22)51-21-58)46(69)54-32-16-34(57(18-32)48-42(77-30(9)66)40(75-28(7)64)38(73-26(5)62)36(79-48)20-71-24(3)60)45(68)53-31-15-33(44(67)50-13-12-14-55(10)11)56(17-31)47-41(76-29(8)65)39(74-27(6)63)37(72-25(4)61)35(78-47)19-70-23(2)59/h15-18,21,35-42,47-48H,12-14,19-20H2,1-11H3,(H,50,67)(H,53,68)(H,54,69)(H,51,52,58)/t35-,36-,37-,38-,39-,40-,41-,42-,47+,48+/m1/s1. The molecule has 0 saturated carbocycles. The highest BCUT2D eigenvalue weighted by molar-refractivity contribution is 7.17. The Morgan fingerprint density at radius 3 is 1.39 bits per heavy atom. The van der Waals surface area contributed by atoms with Crippen molar-refractivity contribution in [2.24, 2.45) is 0 Å². The average molecular weight is 1150 g/mol. The van der Waals surface area contributed by atoms with Crippen LogP contribution in [0.15, 0.2) is 24.5 Å². The fourth-order valence-electron chi connectivity index (χ4n) is 8.53. The normalized spacial score (nSPS) is 22.3. The maximum Gasteiger partial charge on any atom is 0.303 e. The van der Waals surface area contributed by atoms with Crippen LogP contribution in [0.25, 0.3) is 0 Å². The molecule has 5 rings (SSSR count). The molecular weight excluding hydrogens is 1080 g/mol. The molecule has 0 aromatic carbocycles. The van der Waals surface area contributed by atoms with Crippen LogP contribution in [0.5, 0.6) is 0 Å². The maximum absolute atomic E-state index is 15.1. The Kier molecular flexibility index (Phi) is 21.9. The zero-order valence-corrected chi connectivity index (χ0v) is 46.2. The Bertz CT molecular complexity index is 2840. The number of nitrogens with zero attached hydrogens (tertiary/aromatic N) is 4. The number of anilines is 3. The van der Waals surface area contributed by atoms with Crippen molar-refractivity contribution in [1.29, 1.82) is 0 Å². The number of hydrogen-bond donors (Lipinski definition) is 4. The second-order valence-electron chi connectivity index (χ2n) is 18.2. The van der Waals surface area contributed by atoms with Crippen LogP contribution in [0.3, 0.4) is 0 Å². The van der Waals surface area contributed by atoms with Crippen LogP contribution in [0.1, 0.15) is 111 Å². The Hall–Kier alpha value is -8.29. The predicted molar refractivity (Wildman–Crippen MR) is 271 cm³/mol. The lowest BCUT2D eigenvalue weighted by Crippen LogP contribution is -2.60. The molecule has 4 N–H and O–H groups in total. The highest BCUT2D eigenvalue weighted by atomic mass is 32.1. The fraction of sp³-hybridized carbons (Fsp3) is 0.531. The lowest BCUT2D eigenvalue weighted by atomic mass is 9.97. The van der Waals surface area contributed by atoms with Crippen LogP contribution in [-0.2, 0) is 90.5 Å². The summed E-state index contributed by atoms with van der Waals surface area (Å²) in [6, 6.07) is 2.34. The van der Waals surface area contributed by atoms with Crippen molar-refractivity contribution in [3.63, 3.8) is 0 Å². The average Bonchev–Trinajstić information content (AvgIpc) is 4.07. The number of esters is 8. The predicted octanol–water partition coefficient (Wildman–Crippen LogP) is 1.32. The lowest BCUT2D eigenvalue weighted by molar-refractivity contribution is -0.268. The summed E-state index contributed by atoms with van der Waals surface area (Å²) in [5.74, 6) is -9.90. The van der Waals surface area contributed by atoms with Crippen LogP contribution in [0.4, 0.5) is 16.5 Å². The number of thiazole rings is 1. The van der Waals surface area contributed by atoms with Gasteiger partial charge in [0.25, 0.3) is 17.7 Å². The van der Waals surface area contributed by atoms with Crippen molar-refractivity contribution in [1.82, 2.24) is 24.3 Å². The third kappa shape index (κ3) is 16.9. The van der Waals surface area contributed by atoms with Gasteiger partial charge in [0.1, 0.15) is 41.7 Å². The molecule has 80 heavy (non-hydrogen) atoms. The zero-order valence-electron chi connectivity index (χ0n) is 45.4. The van der Waals surface area contributed by atoms with Crippen molar-refractivity contribution in [2.45, 2.75) is 130 Å². The van der Waals surface area contributed by atoms with Crippen molar-refractivity contribution in [3.05, 3.63) is 46.5 Å². The monoisotopic (exact) mass is 1150 g/mol. The van der Waals surface area contributed by atoms with Gasteiger partial charge in [-0.1, -0.05) is 11.3 Å². The van der Waals surface area contributed by atoms with Crippen molar-refractivity contribution in [3.8, 4) is 0 Å². The molecule has 31 heteroatoms. The first-order valence-electron chi connectivity index (χ1n) is 24.5. The van der Waals surface area contributed by atoms with E-state index in [0.29, 0.717) is 19.4 Å². The third-order valence-corrected chi connectivity index (χ3v) is 12.5. The number of carbonyl (C=O) groups excluding carboxylic acids is 12. The quantitative estimate of drug-likeness (QED) is 0.0450. The molecule has 436 valence electrons. The molecule has 0 unspecified atom stereocenters. The van der Waals surface area contributed by atoms with Gasteiger partial charge in [0.15, 0.2) is 54.2 Å². The third-order valence-electron chi connectivity index (χ3n) is 11.4. The Morgan fingerprint density at radius 1 is 0.588 bits per heavy atom. The van der Waals surface area contributed by atoms with Gasteiger partial charge in [-0.15, -0.1) is 0 Å². The highest BCUT2D eigenvalue weighted by Crippen LogP contribution is 2.39. The highest BCUT2D eigenvalue weighted by Gasteiger charge is 2.55. The first-order valence-corrected chi connectivity index (χ1v) is 25.3. The smallest absolute Gasteiger partial charge is 0.303 e. The molecule has 0 radical (unpaired) electrons. The summed E-state index contributed by atoms with van der Waals surface area (Å²) < 4.78 is 59.2. The van der Waals surface area contributed by atoms with Gasteiger partial charge in [0.2, 0.25) is 6.41 Å². The van der Waals surface area contributed by atoms with Gasteiger partial charge in [0, 0.05) is 74.3 Å². The molecule has 0 aliphatic carbocycles. The van der Waals surface area contributed by atoms with Gasteiger partial charge in [-0.3, -0.25) is 57.5 Å². The zero-order chi connectivity index (χ0) is 59.3. The molecule has 10 atom stereocenters. The number of ether oxygens (including phenoxy) is 10. The van der Waals surface area contributed by atoms with Gasteiger partial charge in [0.05, 0.1) is 17.1 Å². The second-order valence-corrected chi connectivity index (χ2v) is 19.2. The molecule has 2 saturated heterocycles. The minimum absolute atomic E-state index is 0.0245. The molecule has 0 bridgehead atoms. The van der Waals surface area contributed by atoms with Gasteiger partial charge in [-0.25, -0.2) is 4.98 Å². The van der Waals surface area contributed by atoms with Gasteiger partial charge >= 0.3 is 47.8 Å². The molecule has 3 aromatic rings. The van der Waals surface area contributed by atoms with E-state index >= 15 is 4.79 Å². The van der Waals surface area contributed by atoms with E-state index in [-0.39, 0.29) is 39.3 Å². The first-order chi connectivity index (χ1) is 37.7. The Morgan fingerprint density at radius 2 is 0.988 bits per heavy atom. The Labute approximate surface area is 460 Å². The SMILES string of the molecule is CC(=O)OC[C@H]1O[C@H](n2cc(NC(=O)c3cc(NC(=O)c4sc(NC=O)nc4C)cn3[C@H]3O[C@H](COC(C)=O)[C@@H](OC(C)=O)[C@@H](OC(C)=O)[C@H]3OC(C)=O)cc2C(=O)NCCCN(C)C)[C@H](OC(C)=O)[C@H](OC(C)=O)[C@@H]1OC(C)=O. The molecule has 0 spiro atoms. The number of hydrogen-bond acceptors (Lipinski definition) is 25. The number of aromatic nitrogens is 3. The lowest BCUT2D eigenvalue weighted by Gasteiger charge is -2.45. The number of carbonyl (C=O) groups is 12. The van der Waals surface area contributed by atoms with Crippen molar-refractivity contribution < 1.29 is 105 Å². The topological polar surface area (TPSA) is 371 Å². The molecule has 3 aromatic heterocycles. The first kappa shape index (κ1) is 62.6. The van der Waals surface area contributed by atoms with Gasteiger partial charge < -0.3 is 82.7 Å². The minimum atomic E-state index is -1.79. The van der Waals surface area contributed by atoms with E-state index in [1.807, 2.05) is 19.0 Å². The summed E-state index contributed by atoms with van der Waals surface area (Å²) in [4.78, 5) is 161. The van der Waals surface area contributed by atoms with Crippen molar-refractivity contribution >= 4 is 99.7 Å². The van der Waals surface area contributed by atoms with E-state index in [0.717, 1.165) is 81.9 Å². The van der Waals surface area contributed by atoms with Crippen LogP contribution in [0, 0.1) is 6.92 Å². The Balaban J connectivity index is 1.73. The molecule has 2 fully saturated rings. The molecule has 2 aliphatic heterocycles. The van der Waals surface area contributed by atoms with Gasteiger partial charge in [-0.2, -0.15) is 0 Å². The summed E-state index contributed by atoms with van der Waals surface area (Å²) in [7, 11) is 3.64. The van der Waals surface area contributed by atoms with Crippen LogP contribution in [-0.4, -0.2) is 180 Å². The van der Waals surface area contributed by atoms with Crippen LogP contribution < -0.4 is 21.3 Å². The van der Waals surface area contributed by atoms with Gasteiger partial charge in [-0.05, 0) is 46.1 Å². The number of aryl methyl sites for hydroxylation is 1. The molecule has 30 nitrogen and oxygen atoms in total.